The number of nitrogens with one attached hydrogen (secondary N) is 1. The highest BCUT2D eigenvalue weighted by molar-refractivity contribution is 9.10. The lowest BCUT2D eigenvalue weighted by Gasteiger charge is -2.29. The van der Waals surface area contributed by atoms with Crippen molar-refractivity contribution < 1.29 is 0 Å². The van der Waals surface area contributed by atoms with Crippen LogP contribution in [0.15, 0.2) is 102 Å². The van der Waals surface area contributed by atoms with Crippen molar-refractivity contribution in [2.24, 2.45) is 0 Å². The van der Waals surface area contributed by atoms with Gasteiger partial charge < -0.3 is 14.8 Å². The molecule has 0 radical (unpaired) electrons. The van der Waals surface area contributed by atoms with Crippen molar-refractivity contribution in [3.8, 4) is 5.69 Å². The van der Waals surface area contributed by atoms with Crippen molar-refractivity contribution in [2.75, 3.05) is 4.90 Å². The van der Waals surface area contributed by atoms with E-state index in [4.69, 9.17) is 12.2 Å². The Kier molecular flexibility index (Phi) is 5.11. The van der Waals surface area contributed by atoms with E-state index >= 15 is 0 Å². The Morgan fingerprint density at radius 1 is 0.867 bits per heavy atom. The molecule has 2 aromatic heterocycles. The van der Waals surface area contributed by atoms with Gasteiger partial charge in [0.25, 0.3) is 0 Å². The molecule has 6 heteroatoms. The van der Waals surface area contributed by atoms with Crippen LogP contribution in [-0.2, 0) is 0 Å². The highest BCUT2D eigenvalue weighted by Crippen LogP contribution is 2.42. The molecule has 0 amide bonds. The average Bonchev–Trinajstić information content (AvgIpc) is 3.39. The van der Waals surface area contributed by atoms with Crippen LogP contribution in [0, 0.1) is 0 Å². The zero-order valence-corrected chi connectivity index (χ0v) is 18.4. The van der Waals surface area contributed by atoms with E-state index in [9.17, 15) is 0 Å². The Labute approximate surface area is 189 Å². The van der Waals surface area contributed by atoms with E-state index in [1.807, 2.05) is 54.7 Å². The van der Waals surface area contributed by atoms with Crippen LogP contribution in [0.4, 0.5) is 5.69 Å². The molecule has 2 aromatic carbocycles. The lowest BCUT2D eigenvalue weighted by molar-refractivity contribution is 0.549. The van der Waals surface area contributed by atoms with Crippen LogP contribution < -0.4 is 10.2 Å². The van der Waals surface area contributed by atoms with Gasteiger partial charge in [-0.15, -0.1) is 0 Å². The van der Waals surface area contributed by atoms with Gasteiger partial charge in [-0.25, -0.2) is 0 Å². The van der Waals surface area contributed by atoms with E-state index in [0.29, 0.717) is 5.11 Å². The monoisotopic (exact) mass is 474 g/mol. The van der Waals surface area contributed by atoms with Crippen LogP contribution in [0.5, 0.6) is 0 Å². The summed E-state index contributed by atoms with van der Waals surface area (Å²) in [4.78, 5) is 6.83. The first-order valence-corrected chi connectivity index (χ1v) is 10.9. The molecule has 1 N–H and O–H groups in total. The fourth-order valence-corrected chi connectivity index (χ4v) is 4.75. The second-order valence-corrected chi connectivity index (χ2v) is 8.42. The molecule has 1 aliphatic rings. The van der Waals surface area contributed by atoms with Crippen molar-refractivity contribution >= 4 is 38.9 Å². The van der Waals surface area contributed by atoms with E-state index in [1.165, 1.54) is 0 Å². The summed E-state index contributed by atoms with van der Waals surface area (Å²) in [5.41, 5.74) is 4.25. The molecule has 0 bridgehead atoms. The highest BCUT2D eigenvalue weighted by Gasteiger charge is 2.42. The third-order valence-electron chi connectivity index (χ3n) is 5.30. The van der Waals surface area contributed by atoms with E-state index in [1.54, 1.807) is 0 Å². The molecule has 0 spiro atoms. The molecule has 2 atom stereocenters. The molecule has 4 aromatic rings. The predicted octanol–water partition coefficient (Wildman–Crippen LogP) is 5.81. The number of anilines is 1. The first kappa shape index (κ1) is 19.0. The number of rotatable bonds is 4. The first-order chi connectivity index (χ1) is 14.7. The Hall–Kier alpha value is -2.96. The number of benzene rings is 2. The molecular weight excluding hydrogens is 456 g/mol. The molecule has 30 heavy (non-hydrogen) atoms. The minimum Gasteiger partial charge on any atom is -0.351 e. The van der Waals surface area contributed by atoms with E-state index in [2.05, 4.69) is 78.3 Å². The number of thiocarbonyl (C=S) groups is 1. The number of hydrogen-bond donors (Lipinski definition) is 1. The molecule has 1 aliphatic heterocycles. The Morgan fingerprint density at radius 2 is 1.67 bits per heavy atom. The summed E-state index contributed by atoms with van der Waals surface area (Å²) in [6.07, 6.45) is 3.92. The Morgan fingerprint density at radius 3 is 2.43 bits per heavy atom. The van der Waals surface area contributed by atoms with Gasteiger partial charge in [0.2, 0.25) is 0 Å². The Bertz CT molecular complexity index is 1180. The molecule has 4 nitrogen and oxygen atoms in total. The van der Waals surface area contributed by atoms with Crippen LogP contribution in [-0.4, -0.2) is 14.7 Å². The third-order valence-corrected chi connectivity index (χ3v) is 6.11. The van der Waals surface area contributed by atoms with Gasteiger partial charge in [-0.2, -0.15) is 0 Å². The maximum Gasteiger partial charge on any atom is 0.174 e. The lowest BCUT2D eigenvalue weighted by atomic mass is 10.0. The molecule has 2 unspecified atom stereocenters. The first-order valence-electron chi connectivity index (χ1n) is 9.71. The zero-order chi connectivity index (χ0) is 20.5. The number of halogens is 1. The van der Waals surface area contributed by atoms with Gasteiger partial charge in [0, 0.05) is 33.9 Å². The number of nitrogens with zero attached hydrogens (tertiary/aromatic N) is 3. The summed E-state index contributed by atoms with van der Waals surface area (Å²) >= 11 is 9.40. The smallest absolute Gasteiger partial charge is 0.174 e. The van der Waals surface area contributed by atoms with E-state index in [0.717, 1.165) is 27.2 Å². The van der Waals surface area contributed by atoms with Crippen molar-refractivity contribution in [2.45, 2.75) is 12.1 Å². The summed E-state index contributed by atoms with van der Waals surface area (Å²) in [5, 5.41) is 4.22. The predicted molar refractivity (Wildman–Crippen MR) is 128 cm³/mol. The van der Waals surface area contributed by atoms with Gasteiger partial charge in [-0.3, -0.25) is 4.98 Å². The molecule has 1 saturated heterocycles. The van der Waals surface area contributed by atoms with Crippen molar-refractivity contribution in [3.63, 3.8) is 0 Å². The number of aromatic nitrogens is 2. The van der Waals surface area contributed by atoms with Crippen molar-refractivity contribution in [1.29, 1.82) is 0 Å². The molecule has 5 rings (SSSR count). The summed E-state index contributed by atoms with van der Waals surface area (Å²) in [6.45, 7) is 0. The second-order valence-electron chi connectivity index (χ2n) is 7.12. The topological polar surface area (TPSA) is 33.1 Å². The van der Waals surface area contributed by atoms with Crippen LogP contribution in [0.3, 0.4) is 0 Å². The van der Waals surface area contributed by atoms with Gasteiger partial charge in [-0.05, 0) is 66.8 Å². The summed E-state index contributed by atoms with van der Waals surface area (Å²) in [6, 6.07) is 28.7. The SMILES string of the molecule is S=C1NC(c2ccccn2)C(c2cccn2-c2cccc(Br)c2)N1c1ccccc1. The van der Waals surface area contributed by atoms with Crippen molar-refractivity contribution in [3.05, 3.63) is 113 Å². The van der Waals surface area contributed by atoms with Crippen LogP contribution in [0.1, 0.15) is 23.5 Å². The fraction of sp³-hybridized carbons (Fsp3) is 0.0833. The normalized spacial score (nSPS) is 18.4. The minimum absolute atomic E-state index is 0.0521. The molecule has 0 aliphatic carbocycles. The van der Waals surface area contributed by atoms with Crippen LogP contribution in [0.2, 0.25) is 0 Å². The molecule has 0 saturated carbocycles. The average molecular weight is 475 g/mol. The quantitative estimate of drug-likeness (QED) is 0.378. The van der Waals surface area contributed by atoms with Gasteiger partial charge in [0.05, 0.1) is 11.7 Å². The second kappa shape index (κ2) is 8.05. The number of para-hydroxylation sites is 1. The standard InChI is InChI=1S/C24H19BrN4S/c25-17-8-6-11-19(16-17)28-15-7-13-21(28)23-22(20-12-4-5-14-26-20)27-24(30)29(23)18-9-2-1-3-10-18/h1-16,22-23H,(H,27,30). The molecular formula is C24H19BrN4S. The number of pyridine rings is 1. The molecule has 3 heterocycles. The van der Waals surface area contributed by atoms with E-state index in [-0.39, 0.29) is 12.1 Å². The summed E-state index contributed by atoms with van der Waals surface area (Å²) < 4.78 is 3.26. The lowest BCUT2D eigenvalue weighted by Crippen LogP contribution is -2.30. The van der Waals surface area contributed by atoms with Gasteiger partial charge in [-0.1, -0.05) is 46.3 Å². The number of hydrogen-bond acceptors (Lipinski definition) is 2. The molecule has 148 valence electrons. The summed E-state index contributed by atoms with van der Waals surface area (Å²) in [7, 11) is 0. The molecule has 1 fully saturated rings. The Balaban J connectivity index is 1.67. The fourth-order valence-electron chi connectivity index (χ4n) is 4.02. The van der Waals surface area contributed by atoms with Crippen LogP contribution >= 0.6 is 28.1 Å². The van der Waals surface area contributed by atoms with Gasteiger partial charge in [0.15, 0.2) is 5.11 Å². The summed E-state index contributed by atoms with van der Waals surface area (Å²) in [5.74, 6) is 0. The largest absolute Gasteiger partial charge is 0.351 e. The zero-order valence-electron chi connectivity index (χ0n) is 16.0. The van der Waals surface area contributed by atoms with Gasteiger partial charge >= 0.3 is 0 Å². The van der Waals surface area contributed by atoms with Crippen LogP contribution in [0.25, 0.3) is 5.69 Å². The van der Waals surface area contributed by atoms with Gasteiger partial charge in [0.1, 0.15) is 6.04 Å². The minimum atomic E-state index is -0.0697. The highest BCUT2D eigenvalue weighted by atomic mass is 79.9. The van der Waals surface area contributed by atoms with Crippen molar-refractivity contribution in [1.82, 2.24) is 14.9 Å². The maximum atomic E-state index is 5.80. The van der Waals surface area contributed by atoms with E-state index < -0.39 is 0 Å². The maximum absolute atomic E-state index is 5.80. The third kappa shape index (κ3) is 3.42.